The van der Waals surface area contributed by atoms with Crippen molar-refractivity contribution in [1.82, 2.24) is 0 Å². The quantitative estimate of drug-likeness (QED) is 0.870. The molecule has 0 amide bonds. The number of rotatable bonds is 2. The molecule has 2 N–H and O–H groups in total. The highest BCUT2D eigenvalue weighted by Gasteiger charge is 2.44. The van der Waals surface area contributed by atoms with E-state index in [4.69, 9.17) is 0 Å². The van der Waals surface area contributed by atoms with Gasteiger partial charge >= 0.3 is 0 Å². The van der Waals surface area contributed by atoms with E-state index in [1.165, 1.54) is 0 Å². The lowest BCUT2D eigenvalue weighted by Crippen LogP contribution is -2.15. The molecule has 6 heteroatoms. The molecule has 22 heavy (non-hydrogen) atoms. The van der Waals surface area contributed by atoms with Gasteiger partial charge in [-0.15, -0.1) is 0 Å². The van der Waals surface area contributed by atoms with Crippen LogP contribution in [0, 0.1) is 13.8 Å². The van der Waals surface area contributed by atoms with Crippen LogP contribution in [0.2, 0.25) is 0 Å². The maximum absolute atomic E-state index is 12.9. The minimum absolute atomic E-state index is 0.161. The summed E-state index contributed by atoms with van der Waals surface area (Å²) in [4.78, 5) is 0.626. The molecule has 1 aliphatic heterocycles. The largest absolute Gasteiger partial charge is 0.295 e. The van der Waals surface area contributed by atoms with Gasteiger partial charge in [0.15, 0.2) is 9.84 Å². The summed E-state index contributed by atoms with van der Waals surface area (Å²) in [7, 11) is -6.74. The second kappa shape index (κ2) is 5.09. The van der Waals surface area contributed by atoms with Gasteiger partial charge in [0.1, 0.15) is 5.25 Å². The zero-order valence-corrected chi connectivity index (χ0v) is 14.0. The Bertz CT molecular complexity index is 827. The van der Waals surface area contributed by atoms with E-state index < -0.39 is 25.7 Å². The zero-order chi connectivity index (χ0) is 16.1. The van der Waals surface area contributed by atoms with E-state index in [2.05, 4.69) is 0 Å². The molecule has 4 nitrogen and oxygen atoms in total. The Hall–Kier alpha value is -1.34. The van der Waals surface area contributed by atoms with Crippen molar-refractivity contribution in [2.75, 3.05) is 5.75 Å². The number of hydrogen-bond acceptors (Lipinski definition) is 4. The summed E-state index contributed by atoms with van der Waals surface area (Å²) in [5.41, 5.74) is 2.07. The normalized spacial score (nSPS) is 21.4. The molecular formula is C16H18O4S2. The summed E-state index contributed by atoms with van der Waals surface area (Å²) in [6.45, 7) is 3.59. The van der Waals surface area contributed by atoms with E-state index in [0.29, 0.717) is 10.5 Å². The topological polar surface area (TPSA) is 74.6 Å². The fourth-order valence-electron chi connectivity index (χ4n) is 3.04. The highest BCUT2D eigenvalue weighted by Crippen LogP contribution is 2.63. The van der Waals surface area contributed by atoms with E-state index in [1.807, 2.05) is 13.0 Å². The van der Waals surface area contributed by atoms with Gasteiger partial charge in [0, 0.05) is 0 Å². The molecule has 0 spiro atoms. The third-order valence-electron chi connectivity index (χ3n) is 4.09. The van der Waals surface area contributed by atoms with E-state index in [9.17, 15) is 17.5 Å². The molecule has 0 bridgehead atoms. The fraction of sp³-hybridized carbons (Fsp3) is 0.250. The van der Waals surface area contributed by atoms with Crippen molar-refractivity contribution in [3.63, 3.8) is 0 Å². The Morgan fingerprint density at radius 2 is 1.59 bits per heavy atom. The summed E-state index contributed by atoms with van der Waals surface area (Å²) in [6, 6.07) is 11.8. The van der Waals surface area contributed by atoms with Gasteiger partial charge in [-0.05, 0) is 42.7 Å². The minimum Gasteiger partial charge on any atom is -0.295 e. The summed E-state index contributed by atoms with van der Waals surface area (Å²) in [6.07, 6.45) is 0. The van der Waals surface area contributed by atoms with Crippen molar-refractivity contribution < 1.29 is 17.5 Å². The first-order valence-corrected chi connectivity index (χ1v) is 10.2. The highest BCUT2D eigenvalue weighted by molar-refractivity contribution is 8.25. The molecule has 0 saturated heterocycles. The number of benzene rings is 2. The van der Waals surface area contributed by atoms with Gasteiger partial charge in [0.25, 0.3) is 0 Å². The third-order valence-corrected chi connectivity index (χ3v) is 8.38. The standard InChI is InChI=1S/C16H18O4S2/c1-11-8-9-12(2)16-15(11)14(10-21(16,17)18)22(19,20)13-6-4-3-5-7-13/h3-9,14,17-18H,10H2,1-2H3. The average molecular weight is 338 g/mol. The lowest BCUT2D eigenvalue weighted by atomic mass is 10.0. The van der Waals surface area contributed by atoms with Crippen LogP contribution in [0.3, 0.4) is 0 Å². The SMILES string of the molecule is Cc1ccc(C)c2c1C(S(=O)(=O)c1ccccc1)CS2(O)O. The van der Waals surface area contributed by atoms with Crippen LogP contribution >= 0.6 is 10.6 Å². The zero-order valence-electron chi connectivity index (χ0n) is 12.4. The van der Waals surface area contributed by atoms with Crippen LogP contribution in [0.25, 0.3) is 0 Å². The molecule has 118 valence electrons. The summed E-state index contributed by atoms with van der Waals surface area (Å²) >= 11 is 0. The predicted molar refractivity (Wildman–Crippen MR) is 88.3 cm³/mol. The molecule has 0 saturated carbocycles. The van der Waals surface area contributed by atoms with Gasteiger partial charge in [0.05, 0.1) is 15.5 Å². The molecule has 0 aliphatic carbocycles. The molecule has 2 aromatic rings. The van der Waals surface area contributed by atoms with Crippen molar-refractivity contribution in [3.05, 3.63) is 59.2 Å². The van der Waals surface area contributed by atoms with Gasteiger partial charge < -0.3 is 0 Å². The van der Waals surface area contributed by atoms with Crippen molar-refractivity contribution in [1.29, 1.82) is 0 Å². The van der Waals surface area contributed by atoms with Gasteiger partial charge in [-0.2, -0.15) is 10.6 Å². The summed E-state index contributed by atoms with van der Waals surface area (Å²) < 4.78 is 46.7. The minimum atomic E-state index is -3.66. The van der Waals surface area contributed by atoms with E-state index >= 15 is 0 Å². The maximum atomic E-state index is 12.9. The molecule has 1 unspecified atom stereocenters. The van der Waals surface area contributed by atoms with Crippen molar-refractivity contribution in [3.8, 4) is 0 Å². The van der Waals surface area contributed by atoms with Gasteiger partial charge in [-0.1, -0.05) is 30.3 Å². The molecule has 0 fully saturated rings. The van der Waals surface area contributed by atoms with Crippen LogP contribution in [0.1, 0.15) is 21.9 Å². The van der Waals surface area contributed by atoms with Crippen LogP contribution < -0.4 is 0 Å². The van der Waals surface area contributed by atoms with Crippen molar-refractivity contribution in [2.45, 2.75) is 28.9 Å². The first-order chi connectivity index (χ1) is 10.2. The Kier molecular flexibility index (Phi) is 3.60. The molecular weight excluding hydrogens is 320 g/mol. The average Bonchev–Trinajstić information content (AvgIpc) is 2.78. The smallest absolute Gasteiger partial charge is 0.187 e. The van der Waals surface area contributed by atoms with Gasteiger partial charge in [0.2, 0.25) is 0 Å². The van der Waals surface area contributed by atoms with Crippen molar-refractivity contribution >= 4 is 20.4 Å². The van der Waals surface area contributed by atoms with Crippen LogP contribution in [0.5, 0.6) is 0 Å². The molecule has 1 atom stereocenters. The number of hydrogen-bond donors (Lipinski definition) is 2. The number of aryl methyl sites for hydroxylation is 2. The predicted octanol–water partition coefficient (Wildman–Crippen LogP) is 3.94. The van der Waals surface area contributed by atoms with Gasteiger partial charge in [-0.25, -0.2) is 8.42 Å². The molecule has 1 heterocycles. The van der Waals surface area contributed by atoms with E-state index in [-0.39, 0.29) is 10.6 Å². The number of fused-ring (bicyclic) bond motifs is 1. The Balaban J connectivity index is 2.24. The molecule has 0 radical (unpaired) electrons. The lowest BCUT2D eigenvalue weighted by Gasteiger charge is -2.29. The Morgan fingerprint density at radius 3 is 2.23 bits per heavy atom. The second-order valence-corrected chi connectivity index (χ2v) is 9.83. The maximum Gasteiger partial charge on any atom is 0.187 e. The first-order valence-electron chi connectivity index (χ1n) is 6.90. The third kappa shape index (κ3) is 2.27. The highest BCUT2D eigenvalue weighted by atomic mass is 32.3. The molecule has 3 rings (SSSR count). The van der Waals surface area contributed by atoms with Crippen molar-refractivity contribution in [2.24, 2.45) is 0 Å². The van der Waals surface area contributed by atoms with Gasteiger partial charge in [-0.3, -0.25) is 9.11 Å². The molecule has 2 aromatic carbocycles. The summed E-state index contributed by atoms with van der Waals surface area (Å²) in [5.74, 6) is -0.161. The van der Waals surface area contributed by atoms with E-state index in [1.54, 1.807) is 43.3 Å². The fourth-order valence-corrected chi connectivity index (χ4v) is 7.87. The second-order valence-electron chi connectivity index (χ2n) is 5.62. The van der Waals surface area contributed by atoms with E-state index in [0.717, 1.165) is 11.1 Å². The van der Waals surface area contributed by atoms with Crippen LogP contribution in [-0.4, -0.2) is 23.3 Å². The van der Waals surface area contributed by atoms with Crippen LogP contribution in [0.15, 0.2) is 52.3 Å². The number of sulfone groups is 1. The molecule has 1 aliphatic rings. The monoisotopic (exact) mass is 338 g/mol. The molecule has 0 aromatic heterocycles. The lowest BCUT2D eigenvalue weighted by molar-refractivity contribution is 0.490. The Labute approximate surface area is 132 Å². The Morgan fingerprint density at radius 1 is 1.00 bits per heavy atom. The van der Waals surface area contributed by atoms with Crippen LogP contribution in [0.4, 0.5) is 0 Å². The first kappa shape index (κ1) is 15.6. The summed E-state index contributed by atoms with van der Waals surface area (Å²) in [5, 5.41) is -0.908. The van der Waals surface area contributed by atoms with Crippen LogP contribution in [-0.2, 0) is 9.84 Å².